The summed E-state index contributed by atoms with van der Waals surface area (Å²) in [5.74, 6) is -0.168. The maximum absolute atomic E-state index is 14.4. The van der Waals surface area contributed by atoms with Gasteiger partial charge in [0.05, 0.1) is 19.2 Å². The fourth-order valence-corrected chi connectivity index (χ4v) is 1.88. The van der Waals surface area contributed by atoms with E-state index in [4.69, 9.17) is 9.47 Å². The van der Waals surface area contributed by atoms with Gasteiger partial charge >= 0.3 is 0 Å². The van der Waals surface area contributed by atoms with Crippen molar-refractivity contribution in [3.8, 4) is 11.5 Å². The summed E-state index contributed by atoms with van der Waals surface area (Å²) >= 11 is 0. The lowest BCUT2D eigenvalue weighted by molar-refractivity contribution is 0.287. The van der Waals surface area contributed by atoms with Crippen molar-refractivity contribution in [3.05, 3.63) is 59.4 Å². The van der Waals surface area contributed by atoms with E-state index < -0.39 is 5.82 Å². The molecule has 0 saturated heterocycles. The van der Waals surface area contributed by atoms with E-state index in [-0.39, 0.29) is 24.5 Å². The molecule has 0 saturated carbocycles. The average Bonchev–Trinajstić information content (AvgIpc) is 2.53. The topological polar surface area (TPSA) is 47.9 Å². The van der Waals surface area contributed by atoms with Crippen LogP contribution in [0.4, 0.5) is 4.39 Å². The summed E-state index contributed by atoms with van der Waals surface area (Å²) in [6.07, 6.45) is 1.38. The first kappa shape index (κ1) is 14.8. The predicted molar refractivity (Wildman–Crippen MR) is 75.6 cm³/mol. The van der Waals surface area contributed by atoms with Crippen LogP contribution in [0.3, 0.4) is 0 Å². The Morgan fingerprint density at radius 3 is 2.52 bits per heavy atom. The number of benzene rings is 2. The second-order valence-electron chi connectivity index (χ2n) is 4.24. The van der Waals surface area contributed by atoms with E-state index in [0.717, 1.165) is 5.56 Å². The summed E-state index contributed by atoms with van der Waals surface area (Å²) in [6, 6.07) is 12.5. The lowest BCUT2D eigenvalue weighted by atomic mass is 10.1. The minimum Gasteiger partial charge on any atom is -0.496 e. The molecule has 0 aliphatic carbocycles. The molecule has 0 bridgehead atoms. The summed E-state index contributed by atoms with van der Waals surface area (Å²) in [4.78, 5) is 13.6. The molecule has 0 radical (unpaired) electrons. The van der Waals surface area contributed by atoms with Gasteiger partial charge in [-0.15, -0.1) is 0 Å². The number of nitrogens with zero attached hydrogens (tertiary/aromatic N) is 1. The van der Waals surface area contributed by atoms with Crippen molar-refractivity contribution >= 4 is 6.08 Å². The van der Waals surface area contributed by atoms with Gasteiger partial charge in [-0.3, -0.25) is 0 Å². The summed E-state index contributed by atoms with van der Waals surface area (Å²) in [5.41, 5.74) is 1.10. The SMILES string of the molecule is COc1ccc(OCc2ccccc2)c(F)c1CN=C=O. The molecule has 0 aliphatic heterocycles. The van der Waals surface area contributed by atoms with Gasteiger partial charge in [0, 0.05) is 0 Å². The predicted octanol–water partition coefficient (Wildman–Crippen LogP) is 3.25. The van der Waals surface area contributed by atoms with E-state index in [2.05, 4.69) is 4.99 Å². The summed E-state index contributed by atoms with van der Waals surface area (Å²) < 4.78 is 24.9. The van der Waals surface area contributed by atoms with Gasteiger partial charge in [0.15, 0.2) is 11.6 Å². The number of ether oxygens (including phenoxy) is 2. The van der Waals surface area contributed by atoms with Crippen LogP contribution in [0.25, 0.3) is 0 Å². The second-order valence-corrected chi connectivity index (χ2v) is 4.24. The summed E-state index contributed by atoms with van der Waals surface area (Å²) in [6.45, 7) is 0.113. The molecule has 0 spiro atoms. The first-order valence-electron chi connectivity index (χ1n) is 6.32. The zero-order valence-electron chi connectivity index (χ0n) is 11.5. The Hall–Kier alpha value is -2.65. The van der Waals surface area contributed by atoms with Crippen molar-refractivity contribution in [2.75, 3.05) is 7.11 Å². The Labute approximate surface area is 121 Å². The Morgan fingerprint density at radius 2 is 1.86 bits per heavy atom. The van der Waals surface area contributed by atoms with E-state index in [1.165, 1.54) is 19.3 Å². The fourth-order valence-electron chi connectivity index (χ4n) is 1.88. The third-order valence-corrected chi connectivity index (χ3v) is 2.92. The summed E-state index contributed by atoms with van der Waals surface area (Å²) in [7, 11) is 1.42. The largest absolute Gasteiger partial charge is 0.496 e. The van der Waals surface area contributed by atoms with Gasteiger partial charge in [-0.1, -0.05) is 30.3 Å². The maximum atomic E-state index is 14.4. The lowest BCUT2D eigenvalue weighted by Gasteiger charge is -2.12. The molecule has 0 fully saturated rings. The highest BCUT2D eigenvalue weighted by molar-refractivity contribution is 5.43. The van der Waals surface area contributed by atoms with Crippen LogP contribution in [-0.2, 0) is 17.9 Å². The summed E-state index contributed by atoms with van der Waals surface area (Å²) in [5, 5.41) is 0. The van der Waals surface area contributed by atoms with Crippen LogP contribution in [0.15, 0.2) is 47.5 Å². The molecule has 2 aromatic carbocycles. The molecular weight excluding hydrogens is 273 g/mol. The normalized spacial score (nSPS) is 9.81. The smallest absolute Gasteiger partial charge is 0.235 e. The molecule has 108 valence electrons. The quantitative estimate of drug-likeness (QED) is 0.605. The first-order valence-corrected chi connectivity index (χ1v) is 6.32. The third kappa shape index (κ3) is 3.68. The minimum absolute atomic E-state index is 0.0933. The Balaban J connectivity index is 2.21. The van der Waals surface area contributed by atoms with E-state index in [0.29, 0.717) is 5.75 Å². The van der Waals surface area contributed by atoms with Gasteiger partial charge in [-0.05, 0) is 17.7 Å². The molecule has 5 heteroatoms. The number of halogens is 1. The van der Waals surface area contributed by atoms with Crippen LogP contribution >= 0.6 is 0 Å². The standard InChI is InChI=1S/C16H14FNO3/c1-20-14-7-8-15(16(17)13(14)9-18-11-19)21-10-12-5-3-2-4-6-12/h2-8H,9-10H2,1H3. The molecule has 0 N–H and O–H groups in total. The number of methoxy groups -OCH3 is 1. The van der Waals surface area contributed by atoms with Crippen LogP contribution in [0.1, 0.15) is 11.1 Å². The van der Waals surface area contributed by atoms with Crippen LogP contribution in [0.5, 0.6) is 11.5 Å². The Kier molecular flexibility index (Phi) is 5.07. The fraction of sp³-hybridized carbons (Fsp3) is 0.188. The molecular formula is C16H14FNO3. The molecule has 2 rings (SSSR count). The van der Waals surface area contributed by atoms with E-state index >= 15 is 0 Å². The Morgan fingerprint density at radius 1 is 1.14 bits per heavy atom. The lowest BCUT2D eigenvalue weighted by Crippen LogP contribution is -2.01. The maximum Gasteiger partial charge on any atom is 0.235 e. The van der Waals surface area contributed by atoms with E-state index in [1.807, 2.05) is 30.3 Å². The highest BCUT2D eigenvalue weighted by Gasteiger charge is 2.15. The zero-order chi connectivity index (χ0) is 15.1. The number of carbonyl (C=O) groups excluding carboxylic acids is 1. The van der Waals surface area contributed by atoms with Gasteiger partial charge < -0.3 is 9.47 Å². The van der Waals surface area contributed by atoms with Gasteiger partial charge in [-0.25, -0.2) is 14.2 Å². The molecule has 0 aromatic heterocycles. The molecule has 2 aromatic rings. The molecule has 0 heterocycles. The molecule has 0 unspecified atom stereocenters. The van der Waals surface area contributed by atoms with Gasteiger partial charge in [0.2, 0.25) is 6.08 Å². The zero-order valence-corrected chi connectivity index (χ0v) is 11.5. The van der Waals surface area contributed by atoms with E-state index in [1.54, 1.807) is 6.07 Å². The minimum atomic E-state index is -0.579. The van der Waals surface area contributed by atoms with Gasteiger partial charge in [0.25, 0.3) is 0 Å². The number of rotatable bonds is 6. The third-order valence-electron chi connectivity index (χ3n) is 2.92. The Bertz CT molecular complexity index is 652. The van der Waals surface area contributed by atoms with Crippen LogP contribution < -0.4 is 9.47 Å². The second kappa shape index (κ2) is 7.22. The van der Waals surface area contributed by atoms with Crippen molar-refractivity contribution in [1.29, 1.82) is 0 Å². The number of hydrogen-bond acceptors (Lipinski definition) is 4. The van der Waals surface area contributed by atoms with Crippen LogP contribution in [0, 0.1) is 5.82 Å². The van der Waals surface area contributed by atoms with Crippen molar-refractivity contribution < 1.29 is 18.7 Å². The molecule has 0 atom stereocenters. The van der Waals surface area contributed by atoms with Crippen LogP contribution in [-0.4, -0.2) is 13.2 Å². The first-order chi connectivity index (χ1) is 10.3. The van der Waals surface area contributed by atoms with Gasteiger partial charge in [0.1, 0.15) is 12.4 Å². The van der Waals surface area contributed by atoms with Crippen LogP contribution in [0.2, 0.25) is 0 Å². The molecule has 21 heavy (non-hydrogen) atoms. The number of isocyanates is 1. The molecule has 4 nitrogen and oxygen atoms in total. The molecule has 0 aliphatic rings. The van der Waals surface area contributed by atoms with Crippen molar-refractivity contribution in [1.82, 2.24) is 0 Å². The molecule has 0 amide bonds. The highest BCUT2D eigenvalue weighted by atomic mass is 19.1. The number of aliphatic imine (C=N–C) groups is 1. The highest BCUT2D eigenvalue weighted by Crippen LogP contribution is 2.30. The van der Waals surface area contributed by atoms with Crippen molar-refractivity contribution in [2.24, 2.45) is 4.99 Å². The average molecular weight is 287 g/mol. The van der Waals surface area contributed by atoms with E-state index in [9.17, 15) is 9.18 Å². The number of hydrogen-bond donors (Lipinski definition) is 0. The van der Waals surface area contributed by atoms with Gasteiger partial charge in [-0.2, -0.15) is 0 Å². The van der Waals surface area contributed by atoms with Crippen molar-refractivity contribution in [2.45, 2.75) is 13.2 Å². The monoisotopic (exact) mass is 287 g/mol. The van der Waals surface area contributed by atoms with Crippen molar-refractivity contribution in [3.63, 3.8) is 0 Å².